The van der Waals surface area contributed by atoms with Gasteiger partial charge in [0.05, 0.1) is 25.3 Å². The van der Waals surface area contributed by atoms with Gasteiger partial charge >= 0.3 is 16.2 Å². The first-order valence-corrected chi connectivity index (χ1v) is 8.76. The molecule has 0 saturated carbocycles. The number of aromatic nitrogens is 2. The van der Waals surface area contributed by atoms with E-state index < -0.39 is 16.2 Å². The lowest BCUT2D eigenvalue weighted by Crippen LogP contribution is -2.11. The molecule has 0 radical (unpaired) electrons. The smallest absolute Gasteiger partial charge is 0.413 e. The molecule has 0 aliphatic carbocycles. The van der Waals surface area contributed by atoms with Crippen LogP contribution in [0, 0.1) is 0 Å². The first-order valence-electron chi connectivity index (χ1n) is 7.35. The number of carbonyl (C=O) groups excluding carboxylic acids is 1. The quantitative estimate of drug-likeness (QED) is 0.656. The van der Waals surface area contributed by atoms with Crippen LogP contribution in [0.4, 0.5) is 10.7 Å². The van der Waals surface area contributed by atoms with E-state index in [0.717, 1.165) is 0 Å². The molecule has 3 rings (SSSR count). The van der Waals surface area contributed by atoms with Crippen molar-refractivity contribution in [3.05, 3.63) is 42.5 Å². The molecular weight excluding hydrogens is 362 g/mol. The predicted molar refractivity (Wildman–Crippen MR) is 92.9 cm³/mol. The fraction of sp³-hybridized carbons (Fsp3) is 0.125. The molecule has 1 amide bonds. The third-order valence-electron chi connectivity index (χ3n) is 3.42. The summed E-state index contributed by atoms with van der Waals surface area (Å²) < 4.78 is 39.8. The molecule has 1 heterocycles. The monoisotopic (exact) mass is 377 g/mol. The highest BCUT2D eigenvalue weighted by Gasteiger charge is 2.20. The van der Waals surface area contributed by atoms with E-state index in [1.54, 1.807) is 18.2 Å². The summed E-state index contributed by atoms with van der Waals surface area (Å²) in [7, 11) is -1.46. The highest BCUT2D eigenvalue weighted by molar-refractivity contribution is 7.87. The van der Waals surface area contributed by atoms with E-state index >= 15 is 0 Å². The number of nitrogens with one attached hydrogen (secondary N) is 2. The van der Waals surface area contributed by atoms with Crippen molar-refractivity contribution in [2.75, 3.05) is 19.5 Å². The van der Waals surface area contributed by atoms with Gasteiger partial charge in [0.25, 0.3) is 0 Å². The number of methoxy groups -OCH3 is 2. The van der Waals surface area contributed by atoms with Gasteiger partial charge in [-0.25, -0.2) is 9.78 Å². The molecule has 26 heavy (non-hydrogen) atoms. The molecule has 0 aliphatic heterocycles. The topological polar surface area (TPSA) is 120 Å². The van der Waals surface area contributed by atoms with Gasteiger partial charge in [-0.1, -0.05) is 12.1 Å². The zero-order valence-corrected chi connectivity index (χ0v) is 14.7. The number of anilines is 1. The Kier molecular flexibility index (Phi) is 4.67. The predicted octanol–water partition coefficient (Wildman–Crippen LogP) is 2.52. The van der Waals surface area contributed by atoms with Crippen molar-refractivity contribution < 1.29 is 26.9 Å². The molecule has 0 saturated heterocycles. The number of hydrogen-bond donors (Lipinski definition) is 2. The molecule has 1 aromatic heterocycles. The van der Waals surface area contributed by atoms with Crippen molar-refractivity contribution in [3.63, 3.8) is 0 Å². The van der Waals surface area contributed by atoms with Crippen LogP contribution in [0.1, 0.15) is 0 Å². The average Bonchev–Trinajstić information content (AvgIpc) is 3.03. The zero-order valence-electron chi connectivity index (χ0n) is 13.8. The van der Waals surface area contributed by atoms with Gasteiger partial charge in [-0.2, -0.15) is 8.42 Å². The van der Waals surface area contributed by atoms with Gasteiger partial charge in [-0.3, -0.25) is 5.32 Å². The van der Waals surface area contributed by atoms with Gasteiger partial charge in [0, 0.05) is 0 Å². The molecule has 9 nitrogen and oxygen atoms in total. The SMILES string of the molecule is COC(=O)Nc1nc2cc(S(=O)(=O)Oc3ccccc3OC)ccc2[nH]1. The van der Waals surface area contributed by atoms with Crippen LogP contribution >= 0.6 is 0 Å². The van der Waals surface area contributed by atoms with Crippen LogP contribution < -0.4 is 14.2 Å². The van der Waals surface area contributed by atoms with Crippen LogP contribution in [-0.4, -0.2) is 38.7 Å². The van der Waals surface area contributed by atoms with Crippen molar-refractivity contribution in [2.24, 2.45) is 0 Å². The number of benzene rings is 2. The lowest BCUT2D eigenvalue weighted by Gasteiger charge is -2.10. The minimum Gasteiger partial charge on any atom is -0.493 e. The van der Waals surface area contributed by atoms with Crippen LogP contribution in [0.2, 0.25) is 0 Å². The van der Waals surface area contributed by atoms with Crippen molar-refractivity contribution in [1.29, 1.82) is 0 Å². The van der Waals surface area contributed by atoms with Gasteiger partial charge in [0.2, 0.25) is 5.95 Å². The number of ether oxygens (including phenoxy) is 2. The van der Waals surface area contributed by atoms with Gasteiger partial charge in [-0.15, -0.1) is 0 Å². The highest BCUT2D eigenvalue weighted by atomic mass is 32.2. The van der Waals surface area contributed by atoms with E-state index in [9.17, 15) is 13.2 Å². The van der Waals surface area contributed by atoms with Crippen molar-refractivity contribution in [3.8, 4) is 11.5 Å². The molecule has 0 fully saturated rings. The normalized spacial score (nSPS) is 11.2. The number of para-hydroxylation sites is 2. The maximum Gasteiger partial charge on any atom is 0.413 e. The standard InChI is InChI=1S/C16H15N3O6S/c1-23-13-5-3-4-6-14(13)25-26(21,22)10-7-8-11-12(9-10)18-15(17-11)19-16(20)24-2/h3-9H,1-2H3,(H2,17,18,19,20). The molecule has 3 aromatic rings. The van der Waals surface area contributed by atoms with Crippen LogP contribution in [-0.2, 0) is 14.9 Å². The molecular formula is C16H15N3O6S. The summed E-state index contributed by atoms with van der Waals surface area (Å²) in [5.74, 6) is 0.499. The minimum absolute atomic E-state index is 0.0742. The van der Waals surface area contributed by atoms with Crippen LogP contribution in [0.25, 0.3) is 11.0 Å². The summed E-state index contributed by atoms with van der Waals surface area (Å²) in [5, 5.41) is 2.37. The molecule has 0 unspecified atom stereocenters. The van der Waals surface area contributed by atoms with Gasteiger partial charge in [-0.05, 0) is 30.3 Å². The lowest BCUT2D eigenvalue weighted by atomic mass is 10.3. The molecule has 2 N–H and O–H groups in total. The Morgan fingerprint density at radius 3 is 2.54 bits per heavy atom. The fourth-order valence-corrected chi connectivity index (χ4v) is 3.16. The molecule has 2 aromatic carbocycles. The lowest BCUT2D eigenvalue weighted by molar-refractivity contribution is 0.186. The van der Waals surface area contributed by atoms with E-state index in [1.165, 1.54) is 38.5 Å². The number of hydrogen-bond acceptors (Lipinski definition) is 7. The average molecular weight is 377 g/mol. The van der Waals surface area contributed by atoms with Crippen LogP contribution in [0.5, 0.6) is 11.5 Å². The van der Waals surface area contributed by atoms with Crippen molar-refractivity contribution in [1.82, 2.24) is 9.97 Å². The molecule has 0 aliphatic rings. The number of aromatic amines is 1. The van der Waals surface area contributed by atoms with Crippen LogP contribution in [0.3, 0.4) is 0 Å². The number of imidazole rings is 1. The summed E-state index contributed by atoms with van der Waals surface area (Å²) in [4.78, 5) is 18.1. The number of rotatable bonds is 5. The summed E-state index contributed by atoms with van der Waals surface area (Å²) in [6.45, 7) is 0. The molecule has 136 valence electrons. The molecule has 10 heteroatoms. The highest BCUT2D eigenvalue weighted by Crippen LogP contribution is 2.29. The first-order chi connectivity index (χ1) is 12.4. The Bertz CT molecular complexity index is 1060. The second kappa shape index (κ2) is 6.92. The summed E-state index contributed by atoms with van der Waals surface area (Å²) >= 11 is 0. The number of carbonyl (C=O) groups is 1. The van der Waals surface area contributed by atoms with Crippen molar-refractivity contribution in [2.45, 2.75) is 4.90 Å². The van der Waals surface area contributed by atoms with Gasteiger partial charge in [0.1, 0.15) is 4.90 Å². The Labute approximate surface area is 149 Å². The summed E-state index contributed by atoms with van der Waals surface area (Å²) in [6.07, 6.45) is -0.698. The third kappa shape index (κ3) is 3.54. The van der Waals surface area contributed by atoms with Crippen molar-refractivity contribution >= 4 is 33.2 Å². The first kappa shape index (κ1) is 17.5. The second-order valence-corrected chi connectivity index (χ2v) is 6.62. The molecule has 0 atom stereocenters. The van der Waals surface area contributed by atoms with E-state index in [-0.39, 0.29) is 16.6 Å². The van der Waals surface area contributed by atoms with E-state index in [2.05, 4.69) is 20.0 Å². The van der Waals surface area contributed by atoms with E-state index in [0.29, 0.717) is 16.8 Å². The molecule has 0 bridgehead atoms. The summed E-state index contributed by atoms with van der Waals surface area (Å²) in [5.41, 5.74) is 0.869. The molecule has 0 spiro atoms. The number of H-pyrrole nitrogens is 1. The maximum absolute atomic E-state index is 12.5. The second-order valence-electron chi connectivity index (χ2n) is 5.07. The number of fused-ring (bicyclic) bond motifs is 1. The number of nitrogens with zero attached hydrogens (tertiary/aromatic N) is 1. The Morgan fingerprint density at radius 1 is 1.12 bits per heavy atom. The third-order valence-corrected chi connectivity index (χ3v) is 4.65. The van der Waals surface area contributed by atoms with Gasteiger partial charge < -0.3 is 18.6 Å². The largest absolute Gasteiger partial charge is 0.493 e. The Hall–Kier alpha value is -3.27. The van der Waals surface area contributed by atoms with E-state index in [1.807, 2.05) is 0 Å². The van der Waals surface area contributed by atoms with Gasteiger partial charge in [0.15, 0.2) is 11.5 Å². The van der Waals surface area contributed by atoms with E-state index in [4.69, 9.17) is 8.92 Å². The summed E-state index contributed by atoms with van der Waals surface area (Å²) in [6, 6.07) is 10.6. The van der Waals surface area contributed by atoms with Crippen LogP contribution in [0.15, 0.2) is 47.4 Å². The number of amides is 1. The Balaban J connectivity index is 1.92. The fourth-order valence-electron chi connectivity index (χ4n) is 2.20. The Morgan fingerprint density at radius 2 is 1.85 bits per heavy atom. The maximum atomic E-state index is 12.5. The zero-order chi connectivity index (χ0) is 18.7. The minimum atomic E-state index is -4.10.